The van der Waals surface area contributed by atoms with E-state index in [9.17, 15) is 4.79 Å². The lowest BCUT2D eigenvalue weighted by molar-refractivity contribution is 0.100. The number of rotatable bonds is 5. The van der Waals surface area contributed by atoms with Crippen molar-refractivity contribution in [2.24, 2.45) is 0 Å². The Morgan fingerprint density at radius 2 is 1.95 bits per heavy atom. The number of nitrogens with one attached hydrogen (secondary N) is 1. The van der Waals surface area contributed by atoms with Crippen LogP contribution in [0.2, 0.25) is 0 Å². The van der Waals surface area contributed by atoms with Crippen LogP contribution in [0.5, 0.6) is 5.75 Å². The number of ether oxygens (including phenoxy) is 1. The maximum atomic E-state index is 12.0. The maximum Gasteiger partial charge on any atom is 0.185 e. The summed E-state index contributed by atoms with van der Waals surface area (Å²) in [5, 5.41) is 3.08. The molecule has 0 amide bonds. The van der Waals surface area contributed by atoms with Crippen LogP contribution in [0.1, 0.15) is 21.9 Å². The molecule has 0 saturated carbocycles. The molecule has 4 nitrogen and oxygen atoms in total. The fourth-order valence-electron chi connectivity index (χ4n) is 1.89. The van der Waals surface area contributed by atoms with Gasteiger partial charge >= 0.3 is 0 Å². The Hall–Kier alpha value is -2.23. The van der Waals surface area contributed by atoms with E-state index in [2.05, 4.69) is 5.32 Å². The van der Waals surface area contributed by atoms with E-state index in [4.69, 9.17) is 9.15 Å². The van der Waals surface area contributed by atoms with Gasteiger partial charge in [0, 0.05) is 5.69 Å². The van der Waals surface area contributed by atoms with Gasteiger partial charge in [0.15, 0.2) is 5.78 Å². The molecule has 2 rings (SSSR count). The van der Waals surface area contributed by atoms with Crippen LogP contribution in [0.25, 0.3) is 0 Å². The lowest BCUT2D eigenvalue weighted by atomic mass is 10.1. The van der Waals surface area contributed by atoms with Crippen molar-refractivity contribution in [3.8, 4) is 5.75 Å². The summed E-state index contributed by atoms with van der Waals surface area (Å²) >= 11 is 0. The molecule has 0 aliphatic heterocycles. The van der Waals surface area contributed by atoms with Crippen molar-refractivity contribution in [3.05, 3.63) is 47.4 Å². The van der Waals surface area contributed by atoms with Crippen molar-refractivity contribution in [2.75, 3.05) is 19.0 Å². The third kappa shape index (κ3) is 3.16. The van der Waals surface area contributed by atoms with Crippen LogP contribution in [0, 0.1) is 13.8 Å². The van der Waals surface area contributed by atoms with Crippen molar-refractivity contribution in [1.82, 2.24) is 0 Å². The van der Waals surface area contributed by atoms with E-state index in [0.29, 0.717) is 11.3 Å². The lowest BCUT2D eigenvalue weighted by Gasteiger charge is -2.06. The van der Waals surface area contributed by atoms with E-state index in [0.717, 1.165) is 17.2 Å². The molecule has 0 aliphatic carbocycles. The molecule has 0 atom stereocenters. The first-order chi connectivity index (χ1) is 9.10. The molecule has 2 aromatic rings. The summed E-state index contributed by atoms with van der Waals surface area (Å²) in [5.41, 5.74) is 1.52. The first kappa shape index (κ1) is 13.2. The van der Waals surface area contributed by atoms with Gasteiger partial charge in [0.1, 0.15) is 17.3 Å². The van der Waals surface area contributed by atoms with Gasteiger partial charge in [0.05, 0.1) is 19.2 Å². The van der Waals surface area contributed by atoms with Crippen LogP contribution in [-0.4, -0.2) is 19.4 Å². The Balaban J connectivity index is 1.98. The number of hydrogen-bond acceptors (Lipinski definition) is 4. The van der Waals surface area contributed by atoms with Crippen molar-refractivity contribution in [2.45, 2.75) is 13.8 Å². The smallest absolute Gasteiger partial charge is 0.185 e. The number of Topliss-reactive ketones (excluding diaryl/α,β-unsaturated/α-hetero) is 1. The van der Waals surface area contributed by atoms with Gasteiger partial charge in [-0.05, 0) is 44.2 Å². The molecule has 0 unspecified atom stereocenters. The molecule has 0 fully saturated rings. The number of aryl methyl sites for hydroxylation is 2. The summed E-state index contributed by atoms with van der Waals surface area (Å²) in [6.07, 6.45) is 0. The van der Waals surface area contributed by atoms with Crippen LogP contribution in [0.3, 0.4) is 0 Å². The second kappa shape index (κ2) is 5.61. The summed E-state index contributed by atoms with van der Waals surface area (Å²) < 4.78 is 10.4. The third-order valence-corrected chi connectivity index (χ3v) is 2.88. The van der Waals surface area contributed by atoms with E-state index >= 15 is 0 Å². The molecule has 1 heterocycles. The van der Waals surface area contributed by atoms with Gasteiger partial charge in [-0.25, -0.2) is 0 Å². The van der Waals surface area contributed by atoms with Crippen molar-refractivity contribution >= 4 is 11.5 Å². The first-order valence-electron chi connectivity index (χ1n) is 6.08. The van der Waals surface area contributed by atoms with Crippen LogP contribution in [0.15, 0.2) is 34.7 Å². The second-order valence-corrected chi connectivity index (χ2v) is 4.33. The molecule has 19 heavy (non-hydrogen) atoms. The Bertz CT molecular complexity index is 570. The Labute approximate surface area is 112 Å². The molecule has 4 heteroatoms. The number of methoxy groups -OCH3 is 1. The van der Waals surface area contributed by atoms with E-state index in [1.165, 1.54) is 0 Å². The monoisotopic (exact) mass is 259 g/mol. The number of hydrogen-bond donors (Lipinski definition) is 1. The number of furan rings is 1. The van der Waals surface area contributed by atoms with Crippen LogP contribution in [-0.2, 0) is 0 Å². The minimum atomic E-state index is 0.0187. The molecule has 1 aromatic heterocycles. The molecule has 100 valence electrons. The highest BCUT2D eigenvalue weighted by Crippen LogP contribution is 2.17. The van der Waals surface area contributed by atoms with Gasteiger partial charge in [-0.15, -0.1) is 0 Å². The molecule has 1 N–H and O–H groups in total. The van der Waals surface area contributed by atoms with E-state index in [1.54, 1.807) is 20.1 Å². The number of benzene rings is 1. The average molecular weight is 259 g/mol. The van der Waals surface area contributed by atoms with Crippen LogP contribution in [0.4, 0.5) is 5.69 Å². The van der Waals surface area contributed by atoms with Gasteiger partial charge in [-0.1, -0.05) is 0 Å². The number of ketones is 1. The average Bonchev–Trinajstić information content (AvgIpc) is 2.75. The van der Waals surface area contributed by atoms with Crippen molar-refractivity contribution < 1.29 is 13.9 Å². The SMILES string of the molecule is COc1ccc(NCC(=O)c2cc(C)oc2C)cc1. The quantitative estimate of drug-likeness (QED) is 0.838. The lowest BCUT2D eigenvalue weighted by Crippen LogP contribution is -2.14. The number of anilines is 1. The predicted molar refractivity (Wildman–Crippen MR) is 74.0 cm³/mol. The van der Waals surface area contributed by atoms with Crippen LogP contribution < -0.4 is 10.1 Å². The summed E-state index contributed by atoms with van der Waals surface area (Å²) in [5.74, 6) is 2.23. The maximum absolute atomic E-state index is 12.0. The van der Waals surface area contributed by atoms with E-state index < -0.39 is 0 Å². The Morgan fingerprint density at radius 3 is 2.47 bits per heavy atom. The van der Waals surface area contributed by atoms with Gasteiger partial charge in [-0.2, -0.15) is 0 Å². The Kier molecular flexibility index (Phi) is 3.90. The molecule has 0 saturated heterocycles. The van der Waals surface area contributed by atoms with E-state index in [-0.39, 0.29) is 12.3 Å². The van der Waals surface area contributed by atoms with Crippen molar-refractivity contribution in [3.63, 3.8) is 0 Å². The second-order valence-electron chi connectivity index (χ2n) is 4.33. The van der Waals surface area contributed by atoms with Gasteiger partial charge in [-0.3, -0.25) is 4.79 Å². The zero-order valence-corrected chi connectivity index (χ0v) is 11.3. The standard InChI is InChI=1S/C15H17NO3/c1-10-8-14(11(2)19-10)15(17)9-16-12-4-6-13(18-3)7-5-12/h4-8,16H,9H2,1-3H3. The fraction of sp³-hybridized carbons (Fsp3) is 0.267. The number of carbonyl (C=O) groups is 1. The van der Waals surface area contributed by atoms with E-state index in [1.807, 2.05) is 31.2 Å². The molecular weight excluding hydrogens is 242 g/mol. The van der Waals surface area contributed by atoms with Gasteiger partial charge in [0.25, 0.3) is 0 Å². The van der Waals surface area contributed by atoms with Crippen molar-refractivity contribution in [1.29, 1.82) is 0 Å². The topological polar surface area (TPSA) is 51.5 Å². The molecule has 0 spiro atoms. The van der Waals surface area contributed by atoms with Gasteiger partial charge in [0.2, 0.25) is 0 Å². The first-order valence-corrected chi connectivity index (χ1v) is 6.08. The van der Waals surface area contributed by atoms with Gasteiger partial charge < -0.3 is 14.5 Å². The normalized spacial score (nSPS) is 10.3. The zero-order valence-electron chi connectivity index (χ0n) is 11.3. The molecular formula is C15H17NO3. The summed E-state index contributed by atoms with van der Waals surface area (Å²) in [7, 11) is 1.62. The molecule has 0 bridgehead atoms. The summed E-state index contributed by atoms with van der Waals surface area (Å²) in [6.45, 7) is 3.88. The molecule has 0 radical (unpaired) electrons. The highest BCUT2D eigenvalue weighted by Gasteiger charge is 2.12. The summed E-state index contributed by atoms with van der Waals surface area (Å²) in [6, 6.07) is 9.21. The minimum Gasteiger partial charge on any atom is -0.497 e. The zero-order chi connectivity index (χ0) is 13.8. The van der Waals surface area contributed by atoms with Crippen LogP contribution >= 0.6 is 0 Å². The molecule has 1 aromatic carbocycles. The fourth-order valence-corrected chi connectivity index (χ4v) is 1.89. The predicted octanol–water partition coefficient (Wildman–Crippen LogP) is 3.20. The highest BCUT2D eigenvalue weighted by molar-refractivity contribution is 5.99. The highest BCUT2D eigenvalue weighted by atomic mass is 16.5. The molecule has 0 aliphatic rings. The minimum absolute atomic E-state index is 0.0187. The third-order valence-electron chi connectivity index (χ3n) is 2.88. The number of carbonyl (C=O) groups excluding carboxylic acids is 1. The Morgan fingerprint density at radius 1 is 1.26 bits per heavy atom. The largest absolute Gasteiger partial charge is 0.497 e. The summed E-state index contributed by atoms with van der Waals surface area (Å²) in [4.78, 5) is 12.0.